The summed E-state index contributed by atoms with van der Waals surface area (Å²) in [5.74, 6) is 0.668. The van der Waals surface area contributed by atoms with Crippen molar-refractivity contribution in [2.45, 2.75) is 6.73 Å². The molecule has 1 heterocycles. The van der Waals surface area contributed by atoms with Gasteiger partial charge in [0.25, 0.3) is 5.56 Å². The third-order valence-corrected chi connectivity index (χ3v) is 3.94. The fraction of sp³-hybridized carbons (Fsp3) is 0.0500. The smallest absolute Gasteiger partial charge is 0.280 e. The van der Waals surface area contributed by atoms with Crippen LogP contribution in [0.3, 0.4) is 0 Å². The Labute approximate surface area is 144 Å². The van der Waals surface area contributed by atoms with E-state index in [1.54, 1.807) is 18.2 Å². The van der Waals surface area contributed by atoms with Gasteiger partial charge in [0.05, 0.1) is 5.39 Å². The van der Waals surface area contributed by atoms with E-state index in [0.717, 1.165) is 11.1 Å². The van der Waals surface area contributed by atoms with Crippen molar-refractivity contribution in [1.29, 1.82) is 0 Å². The molecule has 5 nitrogen and oxygen atoms in total. The van der Waals surface area contributed by atoms with Crippen LogP contribution < -0.4 is 10.3 Å². The van der Waals surface area contributed by atoms with Crippen LogP contribution >= 0.6 is 0 Å². The van der Waals surface area contributed by atoms with Crippen LogP contribution in [0.25, 0.3) is 22.0 Å². The van der Waals surface area contributed by atoms with Gasteiger partial charge >= 0.3 is 0 Å². The summed E-state index contributed by atoms with van der Waals surface area (Å²) in [6.45, 7) is 0.0152. The van der Waals surface area contributed by atoms with Crippen LogP contribution in [-0.2, 0) is 6.73 Å². The molecule has 0 amide bonds. The van der Waals surface area contributed by atoms with Crippen LogP contribution in [0.5, 0.6) is 5.75 Å². The second-order valence-electron chi connectivity index (χ2n) is 5.58. The summed E-state index contributed by atoms with van der Waals surface area (Å²) >= 11 is 0. The first kappa shape index (κ1) is 15.1. The van der Waals surface area contributed by atoms with E-state index >= 15 is 0 Å². The van der Waals surface area contributed by atoms with Crippen molar-refractivity contribution in [3.63, 3.8) is 0 Å². The lowest BCUT2D eigenvalue weighted by Gasteiger charge is -2.08. The molecule has 0 unspecified atom stereocenters. The van der Waals surface area contributed by atoms with Crippen LogP contribution in [0.4, 0.5) is 0 Å². The molecule has 0 atom stereocenters. The largest absolute Gasteiger partial charge is 0.471 e. The van der Waals surface area contributed by atoms with Gasteiger partial charge in [-0.15, -0.1) is 5.10 Å². The van der Waals surface area contributed by atoms with Gasteiger partial charge in [0.15, 0.2) is 6.73 Å². The predicted molar refractivity (Wildman–Crippen MR) is 96.3 cm³/mol. The molecule has 0 radical (unpaired) electrons. The van der Waals surface area contributed by atoms with E-state index < -0.39 is 0 Å². The monoisotopic (exact) mass is 329 g/mol. The molecular weight excluding hydrogens is 314 g/mol. The molecule has 0 aliphatic carbocycles. The first-order chi connectivity index (χ1) is 12.3. The predicted octanol–water partition coefficient (Wildman–Crippen LogP) is 3.50. The minimum atomic E-state index is -0.216. The Morgan fingerprint density at radius 3 is 2.28 bits per heavy atom. The third-order valence-electron chi connectivity index (χ3n) is 3.94. The van der Waals surface area contributed by atoms with Gasteiger partial charge in [-0.2, -0.15) is 4.68 Å². The van der Waals surface area contributed by atoms with Gasteiger partial charge in [-0.05, 0) is 35.4 Å². The zero-order chi connectivity index (χ0) is 17.1. The number of hydrogen-bond acceptors (Lipinski definition) is 4. The topological polar surface area (TPSA) is 57.0 Å². The molecule has 0 saturated carbocycles. The van der Waals surface area contributed by atoms with Crippen LogP contribution in [0.1, 0.15) is 0 Å². The maximum atomic E-state index is 12.4. The van der Waals surface area contributed by atoms with Crippen molar-refractivity contribution in [3.05, 3.63) is 89.2 Å². The van der Waals surface area contributed by atoms with E-state index in [1.807, 2.05) is 48.5 Å². The van der Waals surface area contributed by atoms with Crippen molar-refractivity contribution in [1.82, 2.24) is 15.0 Å². The second kappa shape index (κ2) is 6.57. The molecule has 3 aromatic carbocycles. The Kier molecular flexibility index (Phi) is 3.96. The Morgan fingerprint density at radius 2 is 1.48 bits per heavy atom. The Hall–Kier alpha value is -3.47. The third kappa shape index (κ3) is 3.12. The minimum Gasteiger partial charge on any atom is -0.471 e. The molecular formula is C20H15N3O2. The summed E-state index contributed by atoms with van der Waals surface area (Å²) in [6.07, 6.45) is 0. The summed E-state index contributed by atoms with van der Waals surface area (Å²) in [5, 5.41) is 8.49. The van der Waals surface area contributed by atoms with Crippen LogP contribution in [0.2, 0.25) is 0 Å². The SMILES string of the molecule is O=c1c2ccccc2nnn1COc1ccc(-c2ccccc2)cc1. The van der Waals surface area contributed by atoms with Crippen molar-refractivity contribution in [2.75, 3.05) is 0 Å². The summed E-state index contributed by atoms with van der Waals surface area (Å²) in [6, 6.07) is 25.0. The standard InChI is InChI=1S/C20H15N3O2/c24-20-18-8-4-5-9-19(18)21-22-23(20)14-25-17-12-10-16(11-13-17)15-6-2-1-3-7-15/h1-13H,14H2. The van der Waals surface area contributed by atoms with Gasteiger partial charge in [0.2, 0.25) is 0 Å². The van der Waals surface area contributed by atoms with Crippen LogP contribution in [0.15, 0.2) is 83.7 Å². The van der Waals surface area contributed by atoms with Gasteiger partial charge in [-0.1, -0.05) is 59.8 Å². The van der Waals surface area contributed by atoms with Gasteiger partial charge in [0, 0.05) is 0 Å². The number of rotatable bonds is 4. The Morgan fingerprint density at radius 1 is 0.800 bits per heavy atom. The molecule has 25 heavy (non-hydrogen) atoms. The van der Waals surface area contributed by atoms with Crippen LogP contribution in [-0.4, -0.2) is 15.0 Å². The number of benzene rings is 3. The number of ether oxygens (including phenoxy) is 1. The molecule has 0 spiro atoms. The Bertz CT molecular complexity index is 1060. The molecule has 0 bridgehead atoms. The highest BCUT2D eigenvalue weighted by Crippen LogP contribution is 2.22. The zero-order valence-corrected chi connectivity index (χ0v) is 13.4. The molecule has 0 N–H and O–H groups in total. The Balaban J connectivity index is 1.52. The quantitative estimate of drug-likeness (QED) is 0.575. The van der Waals surface area contributed by atoms with Gasteiger partial charge in [0.1, 0.15) is 11.3 Å². The maximum absolute atomic E-state index is 12.4. The highest BCUT2D eigenvalue weighted by atomic mass is 16.5. The van der Waals surface area contributed by atoms with Crippen molar-refractivity contribution in [3.8, 4) is 16.9 Å². The van der Waals surface area contributed by atoms with E-state index in [1.165, 1.54) is 4.68 Å². The van der Waals surface area contributed by atoms with E-state index in [2.05, 4.69) is 22.4 Å². The van der Waals surface area contributed by atoms with Crippen molar-refractivity contribution < 1.29 is 4.74 Å². The van der Waals surface area contributed by atoms with Crippen LogP contribution in [0, 0.1) is 0 Å². The average molecular weight is 329 g/mol. The summed E-state index contributed by atoms with van der Waals surface area (Å²) in [4.78, 5) is 12.4. The maximum Gasteiger partial charge on any atom is 0.280 e. The molecule has 0 saturated heterocycles. The molecule has 4 rings (SSSR count). The number of nitrogens with zero attached hydrogens (tertiary/aromatic N) is 3. The molecule has 1 aromatic heterocycles. The van der Waals surface area contributed by atoms with Crippen molar-refractivity contribution >= 4 is 10.9 Å². The lowest BCUT2D eigenvalue weighted by atomic mass is 10.1. The molecule has 0 aliphatic rings. The molecule has 5 heteroatoms. The van der Waals surface area contributed by atoms with Gasteiger partial charge in [-0.25, -0.2) is 0 Å². The van der Waals surface area contributed by atoms with Crippen molar-refractivity contribution in [2.24, 2.45) is 0 Å². The number of hydrogen-bond donors (Lipinski definition) is 0. The molecule has 0 fully saturated rings. The first-order valence-corrected chi connectivity index (χ1v) is 7.92. The average Bonchev–Trinajstić information content (AvgIpc) is 2.69. The van der Waals surface area contributed by atoms with E-state index in [9.17, 15) is 4.79 Å². The number of fused-ring (bicyclic) bond motifs is 1. The highest BCUT2D eigenvalue weighted by molar-refractivity contribution is 5.76. The molecule has 122 valence electrons. The van der Waals surface area contributed by atoms with E-state index in [-0.39, 0.29) is 12.3 Å². The molecule has 4 aromatic rings. The van der Waals surface area contributed by atoms with E-state index in [4.69, 9.17) is 4.74 Å². The van der Waals surface area contributed by atoms with E-state index in [0.29, 0.717) is 16.7 Å². The second-order valence-corrected chi connectivity index (χ2v) is 5.58. The zero-order valence-electron chi connectivity index (χ0n) is 13.4. The van der Waals surface area contributed by atoms with Gasteiger partial charge in [-0.3, -0.25) is 4.79 Å². The molecule has 0 aliphatic heterocycles. The fourth-order valence-corrected chi connectivity index (χ4v) is 2.62. The first-order valence-electron chi connectivity index (χ1n) is 7.92. The fourth-order valence-electron chi connectivity index (χ4n) is 2.62. The highest BCUT2D eigenvalue weighted by Gasteiger charge is 2.05. The number of aromatic nitrogens is 3. The lowest BCUT2D eigenvalue weighted by molar-refractivity contribution is 0.210. The normalized spacial score (nSPS) is 10.7. The summed E-state index contributed by atoms with van der Waals surface area (Å²) < 4.78 is 6.89. The summed E-state index contributed by atoms with van der Waals surface area (Å²) in [7, 11) is 0. The minimum absolute atomic E-state index is 0.0152. The van der Waals surface area contributed by atoms with Gasteiger partial charge < -0.3 is 4.74 Å². The summed E-state index contributed by atoms with van der Waals surface area (Å²) in [5.41, 5.74) is 2.61. The lowest BCUT2D eigenvalue weighted by Crippen LogP contribution is -2.26.